The Labute approximate surface area is 139 Å². The number of fused-ring (bicyclic) bond motifs is 1. The normalized spacial score (nSPS) is 15.9. The van der Waals surface area contributed by atoms with Crippen LogP contribution in [-0.4, -0.2) is 18.1 Å². The molecule has 0 aliphatic carbocycles. The fourth-order valence-electron chi connectivity index (χ4n) is 3.66. The Kier molecular flexibility index (Phi) is 4.07. The Bertz CT molecular complexity index is 863. The van der Waals surface area contributed by atoms with Crippen molar-refractivity contribution >= 4 is 10.9 Å². The minimum Gasteiger partial charge on any atom is -0.361 e. The van der Waals surface area contributed by atoms with Crippen molar-refractivity contribution in [3.8, 4) is 0 Å². The monoisotopic (exact) mass is 326 g/mol. The van der Waals surface area contributed by atoms with Crippen molar-refractivity contribution in [1.29, 1.82) is 0 Å². The average molecular weight is 326 g/mol. The molecule has 4 rings (SSSR count). The summed E-state index contributed by atoms with van der Waals surface area (Å²) in [5, 5.41) is 4.65. The fourth-order valence-corrected chi connectivity index (χ4v) is 3.66. The third-order valence-corrected chi connectivity index (χ3v) is 4.95. The van der Waals surface area contributed by atoms with Crippen molar-refractivity contribution in [3.05, 3.63) is 70.9 Å². The molecule has 2 N–H and O–H groups in total. The van der Waals surface area contributed by atoms with Crippen LogP contribution in [0.5, 0.6) is 0 Å². The third kappa shape index (κ3) is 2.94. The van der Waals surface area contributed by atoms with E-state index in [2.05, 4.69) is 28.6 Å². The number of aromatic amines is 1. The quantitative estimate of drug-likeness (QED) is 0.728. The zero-order valence-corrected chi connectivity index (χ0v) is 13.4. The molecule has 1 aliphatic rings. The van der Waals surface area contributed by atoms with Crippen LogP contribution < -0.4 is 5.32 Å². The van der Waals surface area contributed by atoms with Crippen LogP contribution in [0.2, 0.25) is 0 Å². The zero-order chi connectivity index (χ0) is 16.5. The predicted molar refractivity (Wildman–Crippen MR) is 92.3 cm³/mol. The van der Waals surface area contributed by atoms with Gasteiger partial charge in [0.05, 0.1) is 0 Å². The van der Waals surface area contributed by atoms with E-state index in [9.17, 15) is 8.78 Å². The van der Waals surface area contributed by atoms with E-state index in [1.54, 1.807) is 6.07 Å². The first kappa shape index (κ1) is 15.3. The molecule has 1 saturated heterocycles. The van der Waals surface area contributed by atoms with E-state index in [1.807, 2.05) is 6.07 Å². The number of hydrogen-bond donors (Lipinski definition) is 2. The van der Waals surface area contributed by atoms with Crippen LogP contribution in [0.3, 0.4) is 0 Å². The van der Waals surface area contributed by atoms with Gasteiger partial charge in [-0.3, -0.25) is 0 Å². The predicted octanol–water partition coefficient (Wildman–Crippen LogP) is 4.50. The van der Waals surface area contributed by atoms with Crippen LogP contribution in [0, 0.1) is 11.6 Å². The van der Waals surface area contributed by atoms with Crippen molar-refractivity contribution < 1.29 is 8.78 Å². The van der Waals surface area contributed by atoms with Gasteiger partial charge in [0.25, 0.3) is 0 Å². The summed E-state index contributed by atoms with van der Waals surface area (Å²) in [6, 6.07) is 10.4. The lowest BCUT2D eigenvalue weighted by atomic mass is 9.89. The first-order valence-corrected chi connectivity index (χ1v) is 8.45. The van der Waals surface area contributed by atoms with Crippen molar-refractivity contribution in [2.75, 3.05) is 13.1 Å². The summed E-state index contributed by atoms with van der Waals surface area (Å²) >= 11 is 0. The maximum Gasteiger partial charge on any atom is 0.159 e. The Balaban J connectivity index is 1.65. The molecule has 0 amide bonds. The molecule has 2 aromatic carbocycles. The number of halogens is 2. The van der Waals surface area contributed by atoms with Gasteiger partial charge in [-0.15, -0.1) is 0 Å². The highest BCUT2D eigenvalue weighted by Crippen LogP contribution is 2.32. The Morgan fingerprint density at radius 2 is 1.67 bits per heavy atom. The van der Waals surface area contributed by atoms with Crippen LogP contribution >= 0.6 is 0 Å². The summed E-state index contributed by atoms with van der Waals surface area (Å²) in [6.07, 6.45) is 5.03. The van der Waals surface area contributed by atoms with E-state index in [-0.39, 0.29) is 0 Å². The van der Waals surface area contributed by atoms with Crippen molar-refractivity contribution in [2.45, 2.75) is 25.2 Å². The van der Waals surface area contributed by atoms with Gasteiger partial charge in [-0.1, -0.05) is 12.1 Å². The molecule has 2 heterocycles. The first-order valence-electron chi connectivity index (χ1n) is 8.45. The number of hydrogen-bond acceptors (Lipinski definition) is 1. The molecule has 2 nitrogen and oxygen atoms in total. The summed E-state index contributed by atoms with van der Waals surface area (Å²) in [4.78, 5) is 3.36. The van der Waals surface area contributed by atoms with Crippen LogP contribution in [0.25, 0.3) is 10.9 Å². The fraction of sp³-hybridized carbons (Fsp3) is 0.300. The molecule has 0 atom stereocenters. The standard InChI is InChI=1S/C20H20F2N2/c21-18-3-1-14(11-19(18)22)9-13-2-4-20-16(10-13)17(12-24-20)15-5-7-23-8-6-15/h1-4,10-12,15,23-24H,5-9H2. The van der Waals surface area contributed by atoms with Gasteiger partial charge in [0.2, 0.25) is 0 Å². The minimum absolute atomic E-state index is 0.582. The highest BCUT2D eigenvalue weighted by Gasteiger charge is 2.18. The van der Waals surface area contributed by atoms with E-state index in [0.29, 0.717) is 12.3 Å². The number of rotatable bonds is 3. The van der Waals surface area contributed by atoms with E-state index in [1.165, 1.54) is 23.1 Å². The molecular weight excluding hydrogens is 306 g/mol. The topological polar surface area (TPSA) is 27.8 Å². The molecule has 1 fully saturated rings. The highest BCUT2D eigenvalue weighted by atomic mass is 19.2. The summed E-state index contributed by atoms with van der Waals surface area (Å²) in [6.45, 7) is 2.12. The molecule has 124 valence electrons. The van der Waals surface area contributed by atoms with Gasteiger partial charge < -0.3 is 10.3 Å². The number of benzene rings is 2. The smallest absolute Gasteiger partial charge is 0.159 e. The van der Waals surface area contributed by atoms with Crippen molar-refractivity contribution in [1.82, 2.24) is 10.3 Å². The molecule has 0 bridgehead atoms. The molecular formula is C20H20F2N2. The van der Waals surface area contributed by atoms with E-state index >= 15 is 0 Å². The van der Waals surface area contributed by atoms with Gasteiger partial charge in [0.1, 0.15) is 0 Å². The molecule has 0 spiro atoms. The maximum absolute atomic E-state index is 13.4. The number of H-pyrrole nitrogens is 1. The molecule has 1 aliphatic heterocycles. The summed E-state index contributed by atoms with van der Waals surface area (Å²) in [5.74, 6) is -1.00. The van der Waals surface area contributed by atoms with Gasteiger partial charge in [-0.05, 0) is 79.2 Å². The lowest BCUT2D eigenvalue weighted by Gasteiger charge is -2.22. The zero-order valence-electron chi connectivity index (χ0n) is 13.4. The van der Waals surface area contributed by atoms with Crippen LogP contribution in [0.4, 0.5) is 8.78 Å². The van der Waals surface area contributed by atoms with E-state index < -0.39 is 11.6 Å². The van der Waals surface area contributed by atoms with Gasteiger partial charge in [-0.25, -0.2) is 8.78 Å². The molecule has 0 unspecified atom stereocenters. The molecule has 0 radical (unpaired) electrons. The van der Waals surface area contributed by atoms with E-state index in [4.69, 9.17) is 0 Å². The Hall–Kier alpha value is -2.20. The highest BCUT2D eigenvalue weighted by molar-refractivity contribution is 5.84. The SMILES string of the molecule is Fc1ccc(Cc2ccc3[nH]cc(C4CCNCC4)c3c2)cc1F. The summed E-state index contributed by atoms with van der Waals surface area (Å²) in [7, 11) is 0. The number of aromatic nitrogens is 1. The summed E-state index contributed by atoms with van der Waals surface area (Å²) in [5.41, 5.74) is 4.41. The lowest BCUT2D eigenvalue weighted by Crippen LogP contribution is -2.26. The lowest BCUT2D eigenvalue weighted by molar-refractivity contribution is 0.462. The molecule has 3 aromatic rings. The molecule has 1 aromatic heterocycles. The van der Waals surface area contributed by atoms with E-state index in [0.717, 1.165) is 42.6 Å². The Morgan fingerprint density at radius 1 is 0.917 bits per heavy atom. The molecule has 0 saturated carbocycles. The van der Waals surface area contributed by atoms with Crippen LogP contribution in [-0.2, 0) is 6.42 Å². The molecule has 24 heavy (non-hydrogen) atoms. The third-order valence-electron chi connectivity index (χ3n) is 4.95. The van der Waals surface area contributed by atoms with Gasteiger partial charge in [0, 0.05) is 17.1 Å². The Morgan fingerprint density at radius 3 is 2.46 bits per heavy atom. The van der Waals surface area contributed by atoms with Gasteiger partial charge in [0.15, 0.2) is 11.6 Å². The number of piperidine rings is 1. The van der Waals surface area contributed by atoms with Crippen LogP contribution in [0.15, 0.2) is 42.6 Å². The molecule has 4 heteroatoms. The van der Waals surface area contributed by atoms with Crippen molar-refractivity contribution in [2.24, 2.45) is 0 Å². The number of nitrogens with one attached hydrogen (secondary N) is 2. The minimum atomic E-state index is -0.798. The second-order valence-electron chi connectivity index (χ2n) is 6.57. The van der Waals surface area contributed by atoms with Crippen LogP contribution in [0.1, 0.15) is 35.4 Å². The maximum atomic E-state index is 13.4. The average Bonchev–Trinajstić information content (AvgIpc) is 3.02. The summed E-state index contributed by atoms with van der Waals surface area (Å²) < 4.78 is 26.5. The van der Waals surface area contributed by atoms with Gasteiger partial charge >= 0.3 is 0 Å². The van der Waals surface area contributed by atoms with Crippen molar-refractivity contribution in [3.63, 3.8) is 0 Å². The second-order valence-corrected chi connectivity index (χ2v) is 6.57. The van der Waals surface area contributed by atoms with Gasteiger partial charge in [-0.2, -0.15) is 0 Å². The second kappa shape index (κ2) is 6.36. The largest absolute Gasteiger partial charge is 0.361 e. The first-order chi connectivity index (χ1) is 11.7.